The van der Waals surface area contributed by atoms with Crippen LogP contribution in [0.1, 0.15) is 31.9 Å². The van der Waals surface area contributed by atoms with Gasteiger partial charge in [0.2, 0.25) is 6.41 Å². The molecule has 0 aromatic heterocycles. The van der Waals surface area contributed by atoms with Crippen LogP contribution in [0.4, 0.5) is 5.69 Å². The second kappa shape index (κ2) is 9.80. The third kappa shape index (κ3) is 6.13. The fourth-order valence-electron chi connectivity index (χ4n) is 2.66. The van der Waals surface area contributed by atoms with Crippen molar-refractivity contribution < 1.29 is 9.59 Å². The Morgan fingerprint density at radius 1 is 1.14 bits per heavy atom. The average molecular weight is 409 g/mol. The predicted molar refractivity (Wildman–Crippen MR) is 117 cm³/mol. The zero-order chi connectivity index (χ0) is 21.4. The Kier molecular flexibility index (Phi) is 7.46. The normalized spacial score (nSPS) is 11.7. The summed E-state index contributed by atoms with van der Waals surface area (Å²) in [4.78, 5) is 25.1. The Morgan fingerprint density at radius 2 is 1.76 bits per heavy atom. The first kappa shape index (κ1) is 22.1. The molecule has 0 saturated heterocycles. The van der Waals surface area contributed by atoms with Gasteiger partial charge in [-0.05, 0) is 47.3 Å². The highest BCUT2D eigenvalue weighted by Crippen LogP contribution is 2.24. The zero-order valence-corrected chi connectivity index (χ0v) is 17.5. The first-order valence-electron chi connectivity index (χ1n) is 9.14. The minimum Gasteiger partial charge on any atom is -0.278 e. The van der Waals surface area contributed by atoms with Gasteiger partial charge < -0.3 is 0 Å². The molecule has 0 radical (unpaired) electrons. The Hall–Kier alpha value is -3.24. The quantitative estimate of drug-likeness (QED) is 0.451. The molecule has 1 unspecified atom stereocenters. The minimum absolute atomic E-state index is 0.00765. The van der Waals surface area contributed by atoms with Crippen LogP contribution in [0.5, 0.6) is 0 Å². The van der Waals surface area contributed by atoms with E-state index >= 15 is 0 Å². The van der Waals surface area contributed by atoms with Crippen LogP contribution in [0.25, 0.3) is 0 Å². The van der Waals surface area contributed by atoms with Crippen molar-refractivity contribution >= 4 is 35.3 Å². The number of nitrogens with zero attached hydrogens (tertiary/aromatic N) is 2. The van der Waals surface area contributed by atoms with Crippen LogP contribution < -0.4 is 15.8 Å². The molecule has 0 bridgehead atoms. The molecule has 1 atom stereocenters. The molecule has 2 aromatic carbocycles. The van der Waals surface area contributed by atoms with Crippen molar-refractivity contribution in [3.05, 3.63) is 65.7 Å². The van der Waals surface area contributed by atoms with Crippen molar-refractivity contribution in [3.8, 4) is 6.07 Å². The summed E-state index contributed by atoms with van der Waals surface area (Å²) >= 11 is 5.22. The molecule has 0 saturated carbocycles. The number of hydrazine groups is 1. The smallest absolute Gasteiger partial charge is 0.256 e. The van der Waals surface area contributed by atoms with Crippen LogP contribution in [0.3, 0.4) is 0 Å². The molecule has 0 heterocycles. The molecule has 7 heteroatoms. The number of carbonyl (C=O) groups is 2. The lowest BCUT2D eigenvalue weighted by molar-refractivity contribution is -0.124. The molecular weight excluding hydrogens is 384 g/mol. The number of thiocarbonyl (C=S) groups is 1. The van der Waals surface area contributed by atoms with E-state index in [4.69, 9.17) is 12.2 Å². The third-order valence-electron chi connectivity index (χ3n) is 4.38. The number of anilines is 1. The van der Waals surface area contributed by atoms with Crippen molar-refractivity contribution in [2.45, 2.75) is 32.6 Å². The van der Waals surface area contributed by atoms with Gasteiger partial charge in [0.25, 0.3) is 5.91 Å². The van der Waals surface area contributed by atoms with Crippen LogP contribution >= 0.6 is 12.2 Å². The second-order valence-electron chi connectivity index (χ2n) is 7.56. The van der Waals surface area contributed by atoms with Gasteiger partial charge in [0, 0.05) is 0 Å². The number of nitrogens with one attached hydrogen (secondary N) is 2. The molecule has 0 aliphatic rings. The second-order valence-corrected chi connectivity index (χ2v) is 7.95. The molecule has 0 fully saturated rings. The van der Waals surface area contributed by atoms with Crippen LogP contribution in [-0.2, 0) is 21.4 Å². The van der Waals surface area contributed by atoms with Crippen LogP contribution in [0.15, 0.2) is 54.6 Å². The monoisotopic (exact) mass is 408 g/mol. The highest BCUT2D eigenvalue weighted by molar-refractivity contribution is 7.80. The maximum atomic E-state index is 12.3. The summed E-state index contributed by atoms with van der Waals surface area (Å²) in [5, 5.41) is 9.32. The van der Waals surface area contributed by atoms with Gasteiger partial charge in [-0.1, -0.05) is 63.2 Å². The summed E-state index contributed by atoms with van der Waals surface area (Å²) in [6.45, 7) is 6.30. The number of nitriles is 1. The fourth-order valence-corrected chi connectivity index (χ4v) is 2.86. The molecule has 0 spiro atoms. The zero-order valence-electron chi connectivity index (χ0n) is 16.7. The van der Waals surface area contributed by atoms with E-state index in [0.717, 1.165) is 11.1 Å². The number of rotatable bonds is 5. The lowest BCUT2D eigenvalue weighted by Crippen LogP contribution is -2.50. The summed E-state index contributed by atoms with van der Waals surface area (Å²) in [5.41, 5.74) is 7.53. The molecule has 6 nitrogen and oxygen atoms in total. The van der Waals surface area contributed by atoms with Gasteiger partial charge in [0.05, 0.1) is 11.8 Å². The molecule has 29 heavy (non-hydrogen) atoms. The molecule has 150 valence electrons. The lowest BCUT2D eigenvalue weighted by atomic mass is 9.87. The van der Waals surface area contributed by atoms with Crippen LogP contribution in [0.2, 0.25) is 0 Å². The number of benzene rings is 2. The number of amides is 2. The number of carbonyl (C=O) groups excluding carboxylic acids is 2. The maximum absolute atomic E-state index is 12.3. The Bertz CT molecular complexity index is 899. The Labute approximate surface area is 176 Å². The first-order chi connectivity index (χ1) is 13.8. The highest BCUT2D eigenvalue weighted by atomic mass is 32.1. The summed E-state index contributed by atoms with van der Waals surface area (Å²) in [5.74, 6) is -1.41. The summed E-state index contributed by atoms with van der Waals surface area (Å²) in [6.07, 6.45) is 0.850. The van der Waals surface area contributed by atoms with E-state index in [0.29, 0.717) is 12.1 Å². The van der Waals surface area contributed by atoms with Crippen molar-refractivity contribution in [2.75, 3.05) is 4.90 Å². The number of hydrogen-bond donors (Lipinski definition) is 2. The van der Waals surface area contributed by atoms with E-state index in [1.165, 1.54) is 4.90 Å². The van der Waals surface area contributed by atoms with Crippen molar-refractivity contribution in [2.24, 2.45) is 5.92 Å². The Morgan fingerprint density at radius 3 is 2.28 bits per heavy atom. The third-order valence-corrected chi connectivity index (χ3v) is 4.68. The molecule has 2 aromatic rings. The van der Waals surface area contributed by atoms with E-state index in [9.17, 15) is 14.9 Å². The van der Waals surface area contributed by atoms with Crippen molar-refractivity contribution in [1.82, 2.24) is 10.9 Å². The summed E-state index contributed by atoms with van der Waals surface area (Å²) in [7, 11) is 0. The fraction of sp³-hybridized carbons (Fsp3) is 0.273. The maximum Gasteiger partial charge on any atom is 0.256 e. The first-order valence-corrected chi connectivity index (χ1v) is 9.55. The number of hydrogen-bond acceptors (Lipinski definition) is 4. The lowest BCUT2D eigenvalue weighted by Gasteiger charge is -2.23. The molecule has 0 aliphatic carbocycles. The molecule has 0 aliphatic heterocycles. The van der Waals surface area contributed by atoms with E-state index in [2.05, 4.69) is 31.6 Å². The van der Waals surface area contributed by atoms with Gasteiger partial charge in [0.15, 0.2) is 5.11 Å². The molecule has 2 N–H and O–H groups in total. The van der Waals surface area contributed by atoms with Gasteiger partial charge in [-0.3, -0.25) is 25.3 Å². The van der Waals surface area contributed by atoms with Gasteiger partial charge in [-0.2, -0.15) is 5.26 Å². The summed E-state index contributed by atoms with van der Waals surface area (Å²) in [6, 6.07) is 18.7. The average Bonchev–Trinajstić information content (AvgIpc) is 2.71. The van der Waals surface area contributed by atoms with E-state index in [1.807, 2.05) is 48.5 Å². The van der Waals surface area contributed by atoms with Gasteiger partial charge in [-0.25, -0.2) is 0 Å². The van der Waals surface area contributed by atoms with Gasteiger partial charge in [-0.15, -0.1) is 0 Å². The largest absolute Gasteiger partial charge is 0.278 e. The molecule has 2 rings (SSSR count). The van der Waals surface area contributed by atoms with E-state index < -0.39 is 11.8 Å². The standard InChI is InChI=1S/C22H24N4O2S/c1-22(2,3)18-9-11-19(12-10-18)26(15-27)21(29)25-24-20(28)17(14-23)13-16-7-5-4-6-8-16/h4-12,15,17H,13H2,1-3H3,(H,24,28)(H,25,29). The van der Waals surface area contributed by atoms with Crippen LogP contribution in [-0.4, -0.2) is 17.4 Å². The van der Waals surface area contributed by atoms with Crippen molar-refractivity contribution in [3.63, 3.8) is 0 Å². The highest BCUT2D eigenvalue weighted by Gasteiger charge is 2.20. The Balaban J connectivity index is 1.99. The molecular formula is C22H24N4O2S. The van der Waals surface area contributed by atoms with E-state index in [1.54, 1.807) is 12.1 Å². The predicted octanol–water partition coefficient (Wildman–Crippen LogP) is 3.24. The van der Waals surface area contributed by atoms with Crippen LogP contribution in [0, 0.1) is 17.2 Å². The van der Waals surface area contributed by atoms with Crippen molar-refractivity contribution in [1.29, 1.82) is 5.26 Å². The summed E-state index contributed by atoms with van der Waals surface area (Å²) < 4.78 is 0. The van der Waals surface area contributed by atoms with E-state index in [-0.39, 0.29) is 16.9 Å². The SMILES string of the molecule is CC(C)(C)c1ccc(N(C=O)C(=S)NNC(=O)C(C#N)Cc2ccccc2)cc1. The molecule has 2 amide bonds. The van der Waals surface area contributed by atoms with Gasteiger partial charge in [0.1, 0.15) is 5.92 Å². The topological polar surface area (TPSA) is 85.2 Å². The van der Waals surface area contributed by atoms with Gasteiger partial charge >= 0.3 is 0 Å². The minimum atomic E-state index is -0.886.